The third-order valence-electron chi connectivity index (χ3n) is 2.75. The van der Waals surface area contributed by atoms with Crippen molar-refractivity contribution in [1.82, 2.24) is 14.6 Å². The van der Waals surface area contributed by atoms with Gasteiger partial charge in [0.05, 0.1) is 5.69 Å². The Balaban J connectivity index is 2.30. The van der Waals surface area contributed by atoms with Crippen molar-refractivity contribution in [3.05, 3.63) is 47.9 Å². The van der Waals surface area contributed by atoms with E-state index in [2.05, 4.69) is 10.2 Å². The zero-order valence-electron chi connectivity index (χ0n) is 9.76. The maximum Gasteiger partial charge on any atom is 0.184 e. The van der Waals surface area contributed by atoms with Crippen LogP contribution >= 0.6 is 0 Å². The molecule has 2 N–H and O–H groups in total. The van der Waals surface area contributed by atoms with Gasteiger partial charge in [-0.25, -0.2) is 4.39 Å². The second-order valence-electron chi connectivity index (χ2n) is 4.20. The molecule has 0 fully saturated rings. The summed E-state index contributed by atoms with van der Waals surface area (Å²) in [5.41, 5.74) is 8.70. The minimum absolute atomic E-state index is 0.301. The number of nitrogens with two attached hydrogens (primary N) is 1. The summed E-state index contributed by atoms with van der Waals surface area (Å²) in [6.07, 6.45) is 1.88. The van der Waals surface area contributed by atoms with E-state index in [1.165, 1.54) is 12.1 Å². The Morgan fingerprint density at radius 2 is 2.06 bits per heavy atom. The summed E-state index contributed by atoms with van der Waals surface area (Å²) in [5, 5.41) is 8.11. The van der Waals surface area contributed by atoms with Crippen molar-refractivity contribution < 1.29 is 4.39 Å². The van der Waals surface area contributed by atoms with Gasteiger partial charge < -0.3 is 5.73 Å². The molecule has 0 aliphatic carbocycles. The molecule has 0 aliphatic rings. The standard InChI is InChI=1S/C13H11FN4/c1-8-5-11(15)13-17-16-12(18(13)7-8)9-3-2-4-10(14)6-9/h2-7H,15H2,1H3. The first-order valence-corrected chi connectivity index (χ1v) is 5.52. The molecule has 18 heavy (non-hydrogen) atoms. The van der Waals surface area contributed by atoms with Crippen LogP contribution in [0.5, 0.6) is 0 Å². The average molecular weight is 242 g/mol. The van der Waals surface area contributed by atoms with E-state index in [0.29, 0.717) is 22.7 Å². The predicted octanol–water partition coefficient (Wildman–Crippen LogP) is 2.43. The van der Waals surface area contributed by atoms with Crippen LogP contribution in [0.4, 0.5) is 10.1 Å². The molecular formula is C13H11FN4. The smallest absolute Gasteiger partial charge is 0.184 e. The van der Waals surface area contributed by atoms with Crippen LogP contribution in [0.2, 0.25) is 0 Å². The first-order chi connectivity index (χ1) is 8.65. The van der Waals surface area contributed by atoms with Gasteiger partial charge in [-0.2, -0.15) is 0 Å². The van der Waals surface area contributed by atoms with Gasteiger partial charge in [0.1, 0.15) is 5.82 Å². The topological polar surface area (TPSA) is 56.2 Å². The van der Waals surface area contributed by atoms with Gasteiger partial charge in [-0.3, -0.25) is 4.40 Å². The van der Waals surface area contributed by atoms with Crippen molar-refractivity contribution in [3.8, 4) is 11.4 Å². The Labute approximate surface area is 103 Å². The minimum Gasteiger partial charge on any atom is -0.396 e. The Bertz CT molecular complexity index is 733. The van der Waals surface area contributed by atoms with E-state index in [4.69, 9.17) is 5.73 Å². The average Bonchev–Trinajstić information content (AvgIpc) is 2.72. The first kappa shape index (κ1) is 10.7. The summed E-state index contributed by atoms with van der Waals surface area (Å²) in [4.78, 5) is 0. The number of benzene rings is 1. The molecule has 90 valence electrons. The summed E-state index contributed by atoms with van der Waals surface area (Å²) in [7, 11) is 0. The highest BCUT2D eigenvalue weighted by Gasteiger charge is 2.10. The van der Waals surface area contributed by atoms with E-state index in [0.717, 1.165) is 5.56 Å². The van der Waals surface area contributed by atoms with E-state index in [1.807, 2.05) is 19.2 Å². The van der Waals surface area contributed by atoms with Gasteiger partial charge in [-0.05, 0) is 30.7 Å². The number of aryl methyl sites for hydroxylation is 1. The molecule has 0 radical (unpaired) electrons. The number of halogens is 1. The van der Waals surface area contributed by atoms with Gasteiger partial charge in [0, 0.05) is 11.8 Å². The lowest BCUT2D eigenvalue weighted by Gasteiger charge is -2.03. The van der Waals surface area contributed by atoms with Crippen LogP contribution in [-0.4, -0.2) is 14.6 Å². The van der Waals surface area contributed by atoms with Crippen molar-refractivity contribution in [2.45, 2.75) is 6.92 Å². The molecule has 2 heterocycles. The van der Waals surface area contributed by atoms with E-state index in [-0.39, 0.29) is 5.82 Å². The quantitative estimate of drug-likeness (QED) is 0.713. The van der Waals surface area contributed by atoms with E-state index in [1.54, 1.807) is 16.5 Å². The molecule has 4 nitrogen and oxygen atoms in total. The summed E-state index contributed by atoms with van der Waals surface area (Å²) in [6.45, 7) is 1.94. The molecule has 0 amide bonds. The summed E-state index contributed by atoms with van der Waals surface area (Å²) in [6, 6.07) is 8.09. The maximum atomic E-state index is 13.2. The molecule has 0 unspecified atom stereocenters. The second-order valence-corrected chi connectivity index (χ2v) is 4.20. The van der Waals surface area contributed by atoms with Crippen molar-refractivity contribution >= 4 is 11.3 Å². The number of anilines is 1. The lowest BCUT2D eigenvalue weighted by Crippen LogP contribution is -1.95. The van der Waals surface area contributed by atoms with Crippen LogP contribution in [0, 0.1) is 12.7 Å². The summed E-state index contributed by atoms with van der Waals surface area (Å²) in [5.74, 6) is 0.282. The van der Waals surface area contributed by atoms with E-state index >= 15 is 0 Å². The molecule has 0 saturated heterocycles. The zero-order chi connectivity index (χ0) is 12.7. The number of hydrogen-bond acceptors (Lipinski definition) is 3. The molecule has 0 spiro atoms. The molecule has 5 heteroatoms. The SMILES string of the molecule is Cc1cc(N)c2nnc(-c3cccc(F)c3)n2c1. The number of rotatable bonds is 1. The molecule has 1 aromatic carbocycles. The van der Waals surface area contributed by atoms with Crippen molar-refractivity contribution in [2.75, 3.05) is 5.73 Å². The Kier molecular flexibility index (Phi) is 2.26. The number of fused-ring (bicyclic) bond motifs is 1. The van der Waals surface area contributed by atoms with Crippen LogP contribution < -0.4 is 5.73 Å². The van der Waals surface area contributed by atoms with Crippen LogP contribution in [0.25, 0.3) is 17.0 Å². The van der Waals surface area contributed by atoms with Gasteiger partial charge in [0.2, 0.25) is 0 Å². The van der Waals surface area contributed by atoms with Crippen LogP contribution in [0.1, 0.15) is 5.56 Å². The van der Waals surface area contributed by atoms with Gasteiger partial charge in [0.25, 0.3) is 0 Å². The van der Waals surface area contributed by atoms with Gasteiger partial charge in [-0.15, -0.1) is 10.2 Å². The minimum atomic E-state index is -0.301. The van der Waals surface area contributed by atoms with Crippen LogP contribution in [-0.2, 0) is 0 Å². The van der Waals surface area contributed by atoms with Gasteiger partial charge in [0.15, 0.2) is 11.5 Å². The third kappa shape index (κ3) is 1.60. The Morgan fingerprint density at radius 1 is 1.22 bits per heavy atom. The molecule has 0 aliphatic heterocycles. The molecular weight excluding hydrogens is 231 g/mol. The Morgan fingerprint density at radius 3 is 2.83 bits per heavy atom. The number of nitrogen functional groups attached to an aromatic ring is 1. The van der Waals surface area contributed by atoms with E-state index in [9.17, 15) is 4.39 Å². The summed E-state index contributed by atoms with van der Waals surface area (Å²) >= 11 is 0. The normalized spacial score (nSPS) is 11.0. The Hall–Kier alpha value is -2.43. The molecule has 0 atom stereocenters. The zero-order valence-corrected chi connectivity index (χ0v) is 9.76. The maximum absolute atomic E-state index is 13.2. The lowest BCUT2D eigenvalue weighted by atomic mass is 10.2. The van der Waals surface area contributed by atoms with Crippen LogP contribution in [0.3, 0.4) is 0 Å². The predicted molar refractivity (Wildman–Crippen MR) is 67.5 cm³/mol. The fourth-order valence-corrected chi connectivity index (χ4v) is 1.99. The number of nitrogens with zero attached hydrogens (tertiary/aromatic N) is 3. The highest BCUT2D eigenvalue weighted by Crippen LogP contribution is 2.22. The highest BCUT2D eigenvalue weighted by atomic mass is 19.1. The molecule has 2 aromatic heterocycles. The lowest BCUT2D eigenvalue weighted by molar-refractivity contribution is 0.628. The molecule has 0 saturated carbocycles. The number of pyridine rings is 1. The third-order valence-corrected chi connectivity index (χ3v) is 2.75. The molecule has 3 aromatic rings. The summed E-state index contributed by atoms with van der Waals surface area (Å²) < 4.78 is 15.0. The van der Waals surface area contributed by atoms with Crippen molar-refractivity contribution in [2.24, 2.45) is 0 Å². The van der Waals surface area contributed by atoms with Crippen LogP contribution in [0.15, 0.2) is 36.5 Å². The molecule has 3 rings (SSSR count). The highest BCUT2D eigenvalue weighted by molar-refractivity contribution is 5.69. The fourth-order valence-electron chi connectivity index (χ4n) is 1.99. The van der Waals surface area contributed by atoms with E-state index < -0.39 is 0 Å². The first-order valence-electron chi connectivity index (χ1n) is 5.52. The molecule has 0 bridgehead atoms. The number of aromatic nitrogens is 3. The van der Waals surface area contributed by atoms with Crippen molar-refractivity contribution in [3.63, 3.8) is 0 Å². The second kappa shape index (κ2) is 3.80. The number of hydrogen-bond donors (Lipinski definition) is 1. The largest absolute Gasteiger partial charge is 0.396 e. The van der Waals surface area contributed by atoms with Gasteiger partial charge >= 0.3 is 0 Å². The monoisotopic (exact) mass is 242 g/mol. The fraction of sp³-hybridized carbons (Fsp3) is 0.0769. The van der Waals surface area contributed by atoms with Gasteiger partial charge in [-0.1, -0.05) is 12.1 Å². The van der Waals surface area contributed by atoms with Crippen molar-refractivity contribution in [1.29, 1.82) is 0 Å².